The molecule has 0 atom stereocenters. The summed E-state index contributed by atoms with van der Waals surface area (Å²) in [6, 6.07) is 3.80. The maximum atomic E-state index is 8.67. The molecule has 0 radical (unpaired) electrons. The van der Waals surface area contributed by atoms with Crippen LogP contribution in [0.3, 0.4) is 0 Å². The highest BCUT2D eigenvalue weighted by Gasteiger charge is 2.10. The quantitative estimate of drug-likeness (QED) is 0.718. The second-order valence-corrected chi connectivity index (χ2v) is 2.98. The smallest absolute Gasteiger partial charge is 0.127 e. The largest absolute Gasteiger partial charge is 0.496 e. The number of benzene rings is 1. The molecule has 1 rings (SSSR count). The molecule has 0 aliphatic heterocycles. The second-order valence-electron chi connectivity index (χ2n) is 2.98. The molecule has 14 heavy (non-hydrogen) atoms. The molecule has 2 N–H and O–H groups in total. The van der Waals surface area contributed by atoms with E-state index in [1.54, 1.807) is 14.2 Å². The first-order valence-corrected chi connectivity index (χ1v) is 4.31. The molecule has 0 aliphatic carbocycles. The van der Waals surface area contributed by atoms with Gasteiger partial charge in [-0.2, -0.15) is 0 Å². The number of methoxy groups -OCH3 is 2. The predicted molar refractivity (Wildman–Crippen MR) is 52.9 cm³/mol. The van der Waals surface area contributed by atoms with Gasteiger partial charge in [0, 0.05) is 0 Å². The molecule has 0 saturated heterocycles. The highest BCUT2D eigenvalue weighted by atomic mass is 16.5. The summed E-state index contributed by atoms with van der Waals surface area (Å²) >= 11 is 0. The van der Waals surface area contributed by atoms with Crippen molar-refractivity contribution in [1.82, 2.24) is 5.48 Å². The van der Waals surface area contributed by atoms with Gasteiger partial charge in [0.25, 0.3) is 0 Å². The first kappa shape index (κ1) is 10.8. The lowest BCUT2D eigenvalue weighted by Gasteiger charge is -2.13. The van der Waals surface area contributed by atoms with Gasteiger partial charge in [0.15, 0.2) is 0 Å². The third-order valence-corrected chi connectivity index (χ3v) is 2.01. The lowest BCUT2D eigenvalue weighted by molar-refractivity contribution is 0.159. The molecule has 0 bridgehead atoms. The van der Waals surface area contributed by atoms with Crippen LogP contribution in [-0.2, 0) is 6.54 Å². The molecule has 0 aromatic heterocycles. The minimum atomic E-state index is 0.298. The Hall–Kier alpha value is -1.26. The highest BCUT2D eigenvalue weighted by molar-refractivity contribution is 5.47. The molecule has 1 aromatic rings. The standard InChI is InChI=1S/C10H15NO3/c1-7-4-9(13-2)8(6-11-12)10(5-7)14-3/h4-5,11-12H,6H2,1-3H3. The van der Waals surface area contributed by atoms with Gasteiger partial charge >= 0.3 is 0 Å². The molecular weight excluding hydrogens is 182 g/mol. The number of nitrogens with one attached hydrogen (secondary N) is 1. The van der Waals surface area contributed by atoms with E-state index in [1.165, 1.54) is 0 Å². The van der Waals surface area contributed by atoms with E-state index in [0.717, 1.165) is 11.1 Å². The van der Waals surface area contributed by atoms with Gasteiger partial charge in [0.05, 0.1) is 26.3 Å². The van der Waals surface area contributed by atoms with Crippen molar-refractivity contribution in [2.45, 2.75) is 13.5 Å². The van der Waals surface area contributed by atoms with Gasteiger partial charge in [-0.25, -0.2) is 5.48 Å². The van der Waals surface area contributed by atoms with Gasteiger partial charge in [-0.1, -0.05) is 0 Å². The normalized spacial score (nSPS) is 10.0. The van der Waals surface area contributed by atoms with Crippen LogP contribution < -0.4 is 15.0 Å². The van der Waals surface area contributed by atoms with Gasteiger partial charge < -0.3 is 14.7 Å². The topological polar surface area (TPSA) is 50.7 Å². The molecule has 0 aliphatic rings. The summed E-state index contributed by atoms with van der Waals surface area (Å²) in [4.78, 5) is 0. The second kappa shape index (κ2) is 4.83. The fourth-order valence-electron chi connectivity index (χ4n) is 1.37. The van der Waals surface area contributed by atoms with E-state index in [-0.39, 0.29) is 0 Å². The van der Waals surface area contributed by atoms with E-state index in [4.69, 9.17) is 14.7 Å². The first-order valence-electron chi connectivity index (χ1n) is 4.31. The Kier molecular flexibility index (Phi) is 3.73. The summed E-state index contributed by atoms with van der Waals surface area (Å²) in [5, 5.41) is 8.67. The number of ether oxygens (including phenoxy) is 2. The Morgan fingerprint density at radius 1 is 1.21 bits per heavy atom. The van der Waals surface area contributed by atoms with Crippen molar-refractivity contribution in [3.63, 3.8) is 0 Å². The van der Waals surface area contributed by atoms with Crippen molar-refractivity contribution < 1.29 is 14.7 Å². The fourth-order valence-corrected chi connectivity index (χ4v) is 1.37. The molecule has 1 aromatic carbocycles. The van der Waals surface area contributed by atoms with Crippen LogP contribution in [0.1, 0.15) is 11.1 Å². The third kappa shape index (κ3) is 2.16. The summed E-state index contributed by atoms with van der Waals surface area (Å²) in [5.74, 6) is 1.42. The molecule has 4 heteroatoms. The zero-order valence-corrected chi connectivity index (χ0v) is 8.63. The summed E-state index contributed by atoms with van der Waals surface area (Å²) in [7, 11) is 3.18. The van der Waals surface area contributed by atoms with Crippen LogP contribution in [0.2, 0.25) is 0 Å². The number of hydroxylamine groups is 1. The SMILES string of the molecule is COc1cc(C)cc(OC)c1CNO. The zero-order valence-electron chi connectivity index (χ0n) is 8.63. The summed E-state index contributed by atoms with van der Waals surface area (Å²) in [5.41, 5.74) is 3.96. The Morgan fingerprint density at radius 2 is 1.71 bits per heavy atom. The fraction of sp³-hybridized carbons (Fsp3) is 0.400. The molecule has 0 spiro atoms. The van der Waals surface area contributed by atoms with Gasteiger partial charge in [-0.3, -0.25) is 0 Å². The summed E-state index contributed by atoms with van der Waals surface area (Å²) in [6.07, 6.45) is 0. The highest BCUT2D eigenvalue weighted by Crippen LogP contribution is 2.29. The van der Waals surface area contributed by atoms with E-state index >= 15 is 0 Å². The van der Waals surface area contributed by atoms with E-state index < -0.39 is 0 Å². The van der Waals surface area contributed by atoms with Gasteiger partial charge in [-0.05, 0) is 24.6 Å². The van der Waals surface area contributed by atoms with E-state index in [9.17, 15) is 0 Å². The molecule has 0 fully saturated rings. The van der Waals surface area contributed by atoms with Crippen LogP contribution in [0.15, 0.2) is 12.1 Å². The molecule has 0 saturated carbocycles. The van der Waals surface area contributed by atoms with Crippen LogP contribution in [-0.4, -0.2) is 19.4 Å². The Bertz CT molecular complexity index is 287. The maximum Gasteiger partial charge on any atom is 0.127 e. The number of hydrogen-bond donors (Lipinski definition) is 2. The average Bonchev–Trinajstić information content (AvgIpc) is 2.20. The Labute approximate surface area is 83.4 Å². The van der Waals surface area contributed by atoms with Crippen LogP contribution in [0, 0.1) is 6.92 Å². The minimum absolute atomic E-state index is 0.298. The number of rotatable bonds is 4. The van der Waals surface area contributed by atoms with Crippen molar-refractivity contribution in [1.29, 1.82) is 0 Å². The summed E-state index contributed by atoms with van der Waals surface area (Å²) < 4.78 is 10.4. The predicted octanol–water partition coefficient (Wildman–Crippen LogP) is 1.49. The molecule has 4 nitrogen and oxygen atoms in total. The molecule has 78 valence electrons. The first-order chi connectivity index (χ1) is 6.72. The van der Waals surface area contributed by atoms with Crippen LogP contribution >= 0.6 is 0 Å². The Balaban J connectivity index is 3.18. The van der Waals surface area contributed by atoms with Crippen molar-refractivity contribution in [2.24, 2.45) is 0 Å². The monoisotopic (exact) mass is 197 g/mol. The van der Waals surface area contributed by atoms with E-state index in [0.29, 0.717) is 18.0 Å². The Morgan fingerprint density at radius 3 is 2.07 bits per heavy atom. The molecule has 0 heterocycles. The van der Waals surface area contributed by atoms with Gasteiger partial charge in [-0.15, -0.1) is 0 Å². The van der Waals surface area contributed by atoms with Crippen molar-refractivity contribution in [3.8, 4) is 11.5 Å². The lowest BCUT2D eigenvalue weighted by atomic mass is 10.1. The number of aryl methyl sites for hydroxylation is 1. The zero-order chi connectivity index (χ0) is 10.6. The maximum absolute atomic E-state index is 8.67. The average molecular weight is 197 g/mol. The molecular formula is C10H15NO3. The van der Waals surface area contributed by atoms with Crippen molar-refractivity contribution in [2.75, 3.05) is 14.2 Å². The third-order valence-electron chi connectivity index (χ3n) is 2.01. The summed E-state index contributed by atoms with van der Waals surface area (Å²) in [6.45, 7) is 2.26. The van der Waals surface area contributed by atoms with Gasteiger partial charge in [0.2, 0.25) is 0 Å². The van der Waals surface area contributed by atoms with Gasteiger partial charge in [0.1, 0.15) is 11.5 Å². The van der Waals surface area contributed by atoms with E-state index in [2.05, 4.69) is 5.48 Å². The minimum Gasteiger partial charge on any atom is -0.496 e. The van der Waals surface area contributed by atoms with E-state index in [1.807, 2.05) is 19.1 Å². The molecule has 0 amide bonds. The molecule has 0 unspecified atom stereocenters. The van der Waals surface area contributed by atoms with Crippen molar-refractivity contribution >= 4 is 0 Å². The lowest BCUT2D eigenvalue weighted by Crippen LogP contribution is -2.09. The number of hydrogen-bond acceptors (Lipinski definition) is 4. The van der Waals surface area contributed by atoms with Crippen LogP contribution in [0.25, 0.3) is 0 Å². The van der Waals surface area contributed by atoms with Crippen LogP contribution in [0.5, 0.6) is 11.5 Å². The van der Waals surface area contributed by atoms with Crippen LogP contribution in [0.4, 0.5) is 0 Å². The van der Waals surface area contributed by atoms with Crippen molar-refractivity contribution in [3.05, 3.63) is 23.3 Å².